The normalized spacial score (nSPS) is 30.9. The summed E-state index contributed by atoms with van der Waals surface area (Å²) >= 11 is 0. The Hall–Kier alpha value is -0.130. The van der Waals surface area contributed by atoms with Crippen molar-refractivity contribution in [2.75, 3.05) is 33.0 Å². The quantitative estimate of drug-likeness (QED) is 0.280. The summed E-state index contributed by atoms with van der Waals surface area (Å²) in [7, 11) is -3.78. The van der Waals surface area contributed by atoms with E-state index in [0.29, 0.717) is 0 Å². The van der Waals surface area contributed by atoms with Crippen molar-refractivity contribution in [2.24, 2.45) is 0 Å². The molecule has 6 atom stereocenters. The van der Waals surface area contributed by atoms with Gasteiger partial charge in [-0.15, -0.1) is 0 Å². The van der Waals surface area contributed by atoms with Crippen LogP contribution in [0.25, 0.3) is 0 Å². The van der Waals surface area contributed by atoms with Crippen LogP contribution >= 0.6 is 7.60 Å². The van der Waals surface area contributed by atoms with Gasteiger partial charge in [0.15, 0.2) is 6.29 Å². The Balaban J connectivity index is 2.43. The number of rotatable bonds is 10. The lowest BCUT2D eigenvalue weighted by Crippen LogP contribution is -2.59. The second kappa shape index (κ2) is 10.9. The number of aliphatic hydroxyl groups is 3. The third-order valence-corrected chi connectivity index (χ3v) is 6.42. The van der Waals surface area contributed by atoms with Crippen LogP contribution < -0.4 is 0 Å². The van der Waals surface area contributed by atoms with E-state index in [4.69, 9.17) is 23.5 Å². The zero-order valence-electron chi connectivity index (χ0n) is 18.1. The van der Waals surface area contributed by atoms with Gasteiger partial charge >= 0.3 is 7.60 Å². The van der Waals surface area contributed by atoms with E-state index >= 15 is 0 Å². The molecule has 174 valence electrons. The molecule has 4 N–H and O–H groups in total. The highest BCUT2D eigenvalue weighted by Crippen LogP contribution is 2.54. The first kappa shape index (κ1) is 26.9. The molecule has 6 unspecified atom stereocenters. The van der Waals surface area contributed by atoms with E-state index in [-0.39, 0.29) is 38.6 Å². The Morgan fingerprint density at radius 1 is 0.897 bits per heavy atom. The fourth-order valence-corrected chi connectivity index (χ4v) is 3.03. The topological polar surface area (TPSA) is 144 Å². The third kappa shape index (κ3) is 8.86. The minimum absolute atomic E-state index is 0.0171. The van der Waals surface area contributed by atoms with Gasteiger partial charge in [0.05, 0.1) is 43.8 Å². The van der Waals surface area contributed by atoms with Crippen LogP contribution in [0.1, 0.15) is 41.5 Å². The molecule has 0 aliphatic carbocycles. The van der Waals surface area contributed by atoms with Gasteiger partial charge in [-0.3, -0.25) is 4.57 Å². The average molecular weight is 444 g/mol. The lowest BCUT2D eigenvalue weighted by Gasteiger charge is -2.40. The first-order chi connectivity index (χ1) is 13.2. The minimum atomic E-state index is -3.78. The number of aliphatic hydroxyl groups excluding tert-OH is 3. The van der Waals surface area contributed by atoms with Gasteiger partial charge in [0, 0.05) is 0 Å². The highest BCUT2D eigenvalue weighted by atomic mass is 31.2. The molecule has 0 aromatic carbocycles. The molecule has 0 amide bonds. The second-order valence-electron chi connectivity index (χ2n) is 8.95. The van der Waals surface area contributed by atoms with Crippen molar-refractivity contribution in [3.8, 4) is 0 Å². The van der Waals surface area contributed by atoms with E-state index in [1.165, 1.54) is 0 Å². The first-order valence-electron chi connectivity index (χ1n) is 9.66. The smallest absolute Gasteiger partial charge is 0.333 e. The third-order valence-electron chi connectivity index (χ3n) is 4.19. The van der Waals surface area contributed by atoms with Gasteiger partial charge < -0.3 is 43.7 Å². The molecule has 1 saturated heterocycles. The molecule has 0 saturated carbocycles. The summed E-state index contributed by atoms with van der Waals surface area (Å²) in [5.41, 5.74) is -0.338. The Bertz CT molecular complexity index is 530. The largest absolute Gasteiger partial charge is 0.387 e. The summed E-state index contributed by atoms with van der Waals surface area (Å²) < 4.78 is 38.8. The SMILES string of the molecule is CC(C)(C)OCCOC1OC(COCCOP(=O)(O)C(C)(C)C)C(O)C(O)C1O. The van der Waals surface area contributed by atoms with Crippen molar-refractivity contribution in [1.82, 2.24) is 0 Å². The van der Waals surface area contributed by atoms with Crippen molar-refractivity contribution < 1.29 is 48.2 Å². The highest BCUT2D eigenvalue weighted by Gasteiger charge is 2.44. The maximum atomic E-state index is 12.0. The summed E-state index contributed by atoms with van der Waals surface area (Å²) in [6.07, 6.45) is -6.38. The molecule has 0 spiro atoms. The van der Waals surface area contributed by atoms with Gasteiger partial charge in [-0.25, -0.2) is 0 Å². The number of hydrogen-bond acceptors (Lipinski definition) is 9. The van der Waals surface area contributed by atoms with Crippen molar-refractivity contribution in [1.29, 1.82) is 0 Å². The summed E-state index contributed by atoms with van der Waals surface area (Å²) in [5.74, 6) is 0. The molecule has 1 aliphatic heterocycles. The van der Waals surface area contributed by atoms with Gasteiger partial charge in [-0.1, -0.05) is 0 Å². The van der Waals surface area contributed by atoms with Crippen LogP contribution in [0, 0.1) is 0 Å². The monoisotopic (exact) mass is 444 g/mol. The zero-order valence-corrected chi connectivity index (χ0v) is 19.0. The summed E-state index contributed by atoms with van der Waals surface area (Å²) in [4.78, 5) is 9.82. The van der Waals surface area contributed by atoms with Crippen molar-refractivity contribution in [2.45, 2.75) is 83.0 Å². The predicted molar refractivity (Wildman–Crippen MR) is 105 cm³/mol. The molecule has 1 heterocycles. The van der Waals surface area contributed by atoms with Gasteiger partial charge in [0.25, 0.3) is 0 Å². The molecular formula is C18H37O10P. The van der Waals surface area contributed by atoms with Crippen LogP contribution in [0.4, 0.5) is 0 Å². The molecule has 1 aliphatic rings. The Morgan fingerprint density at radius 3 is 2.07 bits per heavy atom. The van der Waals surface area contributed by atoms with Crippen molar-refractivity contribution in [3.63, 3.8) is 0 Å². The molecule has 0 radical (unpaired) electrons. The molecule has 29 heavy (non-hydrogen) atoms. The van der Waals surface area contributed by atoms with Crippen LogP contribution in [0.2, 0.25) is 0 Å². The van der Waals surface area contributed by atoms with E-state index in [2.05, 4.69) is 0 Å². The summed E-state index contributed by atoms with van der Waals surface area (Å²) in [5, 5.41) is 29.2. The fraction of sp³-hybridized carbons (Fsp3) is 1.00. The minimum Gasteiger partial charge on any atom is -0.387 e. The molecule has 1 fully saturated rings. The Labute approximate surface area is 172 Å². The van der Waals surface area contributed by atoms with Crippen molar-refractivity contribution >= 4 is 7.60 Å². The van der Waals surface area contributed by atoms with Gasteiger partial charge in [0.2, 0.25) is 0 Å². The lowest BCUT2D eigenvalue weighted by atomic mass is 9.99. The highest BCUT2D eigenvalue weighted by molar-refractivity contribution is 7.54. The lowest BCUT2D eigenvalue weighted by molar-refractivity contribution is -0.305. The fourth-order valence-electron chi connectivity index (χ4n) is 2.32. The number of hydrogen-bond donors (Lipinski definition) is 4. The molecular weight excluding hydrogens is 407 g/mol. The average Bonchev–Trinajstić information content (AvgIpc) is 2.57. The molecule has 0 aromatic heterocycles. The molecule has 1 rings (SSSR count). The Morgan fingerprint density at radius 2 is 1.52 bits per heavy atom. The van der Waals surface area contributed by atoms with Gasteiger partial charge in [0.1, 0.15) is 24.4 Å². The van der Waals surface area contributed by atoms with E-state index in [1.807, 2.05) is 20.8 Å². The number of ether oxygens (including phenoxy) is 4. The van der Waals surface area contributed by atoms with Crippen LogP contribution in [0.3, 0.4) is 0 Å². The predicted octanol–water partition coefficient (Wildman–Crippen LogP) is 0.643. The summed E-state index contributed by atoms with van der Waals surface area (Å²) in [6, 6.07) is 0. The van der Waals surface area contributed by atoms with Gasteiger partial charge in [-0.2, -0.15) is 0 Å². The molecule has 0 bridgehead atoms. The van der Waals surface area contributed by atoms with Crippen LogP contribution in [0.5, 0.6) is 0 Å². The maximum absolute atomic E-state index is 12.0. The first-order valence-corrected chi connectivity index (χ1v) is 11.2. The van der Waals surface area contributed by atoms with E-state index in [1.54, 1.807) is 20.8 Å². The standard InChI is InChI=1S/C18H37O10P/c1-17(2,3)26-9-8-25-16-15(21)14(20)13(19)12(28-16)11-24-7-10-27-29(22,23)18(4,5)6/h12-16,19-21H,7-11H2,1-6H3,(H,22,23). The molecule has 0 aromatic rings. The van der Waals surface area contributed by atoms with Crippen LogP contribution in [0.15, 0.2) is 0 Å². The molecule has 11 heteroatoms. The van der Waals surface area contributed by atoms with E-state index in [0.717, 1.165) is 0 Å². The second-order valence-corrected chi connectivity index (χ2v) is 11.6. The van der Waals surface area contributed by atoms with Crippen molar-refractivity contribution in [3.05, 3.63) is 0 Å². The van der Waals surface area contributed by atoms with Crippen LogP contribution in [-0.2, 0) is 28.0 Å². The van der Waals surface area contributed by atoms with E-state index in [9.17, 15) is 24.8 Å². The maximum Gasteiger partial charge on any atom is 0.333 e. The van der Waals surface area contributed by atoms with Crippen LogP contribution in [-0.4, -0.2) is 94.7 Å². The van der Waals surface area contributed by atoms with E-state index < -0.39 is 43.5 Å². The molecule has 10 nitrogen and oxygen atoms in total. The Kier molecular flexibility index (Phi) is 10.2. The summed E-state index contributed by atoms with van der Waals surface area (Å²) in [6.45, 7) is 10.6. The zero-order chi connectivity index (χ0) is 22.5. The van der Waals surface area contributed by atoms with Gasteiger partial charge in [-0.05, 0) is 41.5 Å².